The second-order valence-electron chi connectivity index (χ2n) is 2.03. The molecule has 0 saturated carbocycles. The summed E-state index contributed by atoms with van der Waals surface area (Å²) in [5, 5.41) is 2.33. The van der Waals surface area contributed by atoms with Crippen LogP contribution in [0.25, 0.3) is 0 Å². The lowest BCUT2D eigenvalue weighted by molar-refractivity contribution is 1.08. The Morgan fingerprint density at radius 3 is 2.42 bits per heavy atom. The summed E-state index contributed by atoms with van der Waals surface area (Å²) < 4.78 is 1.08. The minimum atomic E-state index is 0. The van der Waals surface area contributed by atoms with Crippen LogP contribution in [0, 0.1) is 0 Å². The van der Waals surface area contributed by atoms with E-state index in [9.17, 15) is 0 Å². The largest absolute Gasteiger partial charge is 0.228 e. The molecule has 12 heavy (non-hydrogen) atoms. The molecule has 0 aliphatic heterocycles. The molecule has 1 aromatic carbocycles. The highest BCUT2D eigenvalue weighted by Crippen LogP contribution is 2.10. The average molecular weight is 244 g/mol. The molecule has 1 aromatic rings. The first kappa shape index (κ1) is 11.5. The number of rotatable bonds is 2. The molecule has 0 unspecified atom stereocenters. The van der Waals surface area contributed by atoms with E-state index in [0.717, 1.165) is 10.0 Å². The summed E-state index contributed by atoms with van der Waals surface area (Å²) in [6.07, 6.45) is 0. The number of thiocarbonyl (C=S) groups is 1. The summed E-state index contributed by atoms with van der Waals surface area (Å²) >= 11 is 7.80. The van der Waals surface area contributed by atoms with Gasteiger partial charge in [0.15, 0.2) is 0 Å². The van der Waals surface area contributed by atoms with Crippen molar-refractivity contribution in [2.24, 2.45) is 4.99 Å². The molecule has 0 heterocycles. The maximum atomic E-state index is 4.45. The fourth-order valence-electron chi connectivity index (χ4n) is 0.713. The lowest BCUT2D eigenvalue weighted by atomic mass is 10.2. The average Bonchev–Trinajstić information content (AvgIpc) is 2.04. The van der Waals surface area contributed by atoms with Gasteiger partial charge in [-0.2, -0.15) is 0 Å². The summed E-state index contributed by atoms with van der Waals surface area (Å²) in [5.74, 6) is 0. The van der Waals surface area contributed by atoms with E-state index in [2.05, 4.69) is 38.3 Å². The van der Waals surface area contributed by atoms with Crippen LogP contribution in [0.5, 0.6) is 0 Å². The molecule has 0 radical (unpaired) electrons. The fraction of sp³-hybridized carbons (Fsp3) is 0.222. The molecule has 0 N–H and O–H groups in total. The van der Waals surface area contributed by atoms with Gasteiger partial charge in [0.05, 0.1) is 11.7 Å². The zero-order valence-electron chi connectivity index (χ0n) is 5.75. The molecule has 0 aromatic heterocycles. The van der Waals surface area contributed by atoms with Gasteiger partial charge in [0.2, 0.25) is 0 Å². The second-order valence-corrected chi connectivity index (χ2v) is 3.13. The number of nitrogens with zero attached hydrogens (tertiary/aromatic N) is 1. The van der Waals surface area contributed by atoms with E-state index < -0.39 is 0 Å². The van der Waals surface area contributed by atoms with Crippen LogP contribution in [-0.4, -0.2) is 5.16 Å². The predicted molar refractivity (Wildman–Crippen MR) is 59.6 cm³/mol. The molecule has 3 heteroatoms. The smallest absolute Gasteiger partial charge is 0.0743 e. The van der Waals surface area contributed by atoms with E-state index in [0.29, 0.717) is 6.54 Å². The molecule has 0 saturated heterocycles. The van der Waals surface area contributed by atoms with Crippen molar-refractivity contribution in [3.05, 3.63) is 34.3 Å². The summed E-state index contributed by atoms with van der Waals surface area (Å²) in [4.78, 5) is 3.82. The molecule has 0 amide bonds. The molecule has 0 fully saturated rings. The number of isothiocyanates is 1. The third-order valence-corrected chi connectivity index (χ3v) is 1.90. The minimum absolute atomic E-state index is 0. The van der Waals surface area contributed by atoms with Gasteiger partial charge in [-0.1, -0.05) is 35.5 Å². The van der Waals surface area contributed by atoms with Gasteiger partial charge in [0.1, 0.15) is 0 Å². The normalized spacial score (nSPS) is 8.08. The molecule has 0 aliphatic rings. The van der Waals surface area contributed by atoms with Crippen molar-refractivity contribution >= 4 is 33.3 Å². The van der Waals surface area contributed by atoms with Crippen molar-refractivity contribution in [3.63, 3.8) is 0 Å². The SMILES string of the molecule is C.S=C=NCc1ccc(Br)cc1. The number of benzene rings is 1. The van der Waals surface area contributed by atoms with Gasteiger partial charge in [-0.15, -0.1) is 0 Å². The Bertz CT molecular complexity index is 275. The van der Waals surface area contributed by atoms with Gasteiger partial charge in [0.25, 0.3) is 0 Å². The Balaban J connectivity index is 0.00000121. The van der Waals surface area contributed by atoms with Crippen LogP contribution >= 0.6 is 28.1 Å². The van der Waals surface area contributed by atoms with Gasteiger partial charge < -0.3 is 0 Å². The predicted octanol–water partition coefficient (Wildman–Crippen LogP) is 3.69. The number of hydrogen-bond acceptors (Lipinski definition) is 2. The molecule has 64 valence electrons. The molecule has 0 atom stereocenters. The fourth-order valence-corrected chi connectivity index (χ4v) is 1.04. The van der Waals surface area contributed by atoms with E-state index in [1.54, 1.807) is 0 Å². The summed E-state index contributed by atoms with van der Waals surface area (Å²) in [6, 6.07) is 7.96. The van der Waals surface area contributed by atoms with E-state index in [1.165, 1.54) is 0 Å². The first-order chi connectivity index (χ1) is 5.33. The van der Waals surface area contributed by atoms with Gasteiger partial charge in [-0.3, -0.25) is 0 Å². The Kier molecular flexibility index (Phi) is 5.81. The van der Waals surface area contributed by atoms with Crippen molar-refractivity contribution < 1.29 is 0 Å². The lowest BCUT2D eigenvalue weighted by Gasteiger charge is -1.93. The van der Waals surface area contributed by atoms with Crippen molar-refractivity contribution in [1.82, 2.24) is 0 Å². The summed E-state index contributed by atoms with van der Waals surface area (Å²) in [6.45, 7) is 0.622. The zero-order valence-corrected chi connectivity index (χ0v) is 8.15. The van der Waals surface area contributed by atoms with Crippen molar-refractivity contribution in [1.29, 1.82) is 0 Å². The van der Waals surface area contributed by atoms with Crippen LogP contribution in [0.3, 0.4) is 0 Å². The van der Waals surface area contributed by atoms with Crippen LogP contribution in [0.2, 0.25) is 0 Å². The number of halogens is 1. The Labute approximate surface area is 86.7 Å². The van der Waals surface area contributed by atoms with Gasteiger partial charge >= 0.3 is 0 Å². The highest BCUT2D eigenvalue weighted by atomic mass is 79.9. The first-order valence-corrected chi connectivity index (χ1v) is 4.31. The third-order valence-electron chi connectivity index (χ3n) is 1.24. The van der Waals surface area contributed by atoms with Crippen LogP contribution in [0.1, 0.15) is 13.0 Å². The van der Waals surface area contributed by atoms with Gasteiger partial charge in [-0.05, 0) is 29.9 Å². The van der Waals surface area contributed by atoms with E-state index in [-0.39, 0.29) is 7.43 Å². The second kappa shape index (κ2) is 6.06. The van der Waals surface area contributed by atoms with Crippen LogP contribution in [0.4, 0.5) is 0 Å². The van der Waals surface area contributed by atoms with Crippen LogP contribution < -0.4 is 0 Å². The summed E-state index contributed by atoms with van der Waals surface area (Å²) in [5.41, 5.74) is 1.14. The lowest BCUT2D eigenvalue weighted by Crippen LogP contribution is -1.78. The Morgan fingerprint density at radius 1 is 1.33 bits per heavy atom. The molecule has 0 aliphatic carbocycles. The van der Waals surface area contributed by atoms with Crippen molar-refractivity contribution in [2.45, 2.75) is 14.0 Å². The number of aliphatic imine (C=N–C) groups is 1. The Hall–Kier alpha value is -0.500. The quantitative estimate of drug-likeness (QED) is 0.571. The van der Waals surface area contributed by atoms with Gasteiger partial charge in [0, 0.05) is 4.47 Å². The van der Waals surface area contributed by atoms with Gasteiger partial charge in [-0.25, -0.2) is 4.99 Å². The van der Waals surface area contributed by atoms with E-state index in [4.69, 9.17) is 0 Å². The van der Waals surface area contributed by atoms with E-state index in [1.807, 2.05) is 24.3 Å². The van der Waals surface area contributed by atoms with Crippen molar-refractivity contribution in [3.8, 4) is 0 Å². The summed E-state index contributed by atoms with van der Waals surface area (Å²) in [7, 11) is 0. The first-order valence-electron chi connectivity index (χ1n) is 3.11. The van der Waals surface area contributed by atoms with Crippen LogP contribution in [0.15, 0.2) is 33.7 Å². The Morgan fingerprint density at radius 2 is 1.92 bits per heavy atom. The molecular weight excluding hydrogens is 234 g/mol. The van der Waals surface area contributed by atoms with E-state index >= 15 is 0 Å². The molecule has 0 bridgehead atoms. The standard InChI is InChI=1S/C8H6BrNS.CH4/c9-8-3-1-7(2-4-8)5-10-6-11;/h1-4H,5H2;1H4. The molecule has 1 rings (SSSR count). The molecule has 0 spiro atoms. The third kappa shape index (κ3) is 3.77. The zero-order chi connectivity index (χ0) is 8.10. The maximum Gasteiger partial charge on any atom is 0.0743 e. The maximum absolute atomic E-state index is 4.45. The number of hydrogen-bond donors (Lipinski definition) is 0. The molecule has 1 nitrogen and oxygen atoms in total. The highest BCUT2D eigenvalue weighted by Gasteiger charge is 1.88. The van der Waals surface area contributed by atoms with Crippen molar-refractivity contribution in [2.75, 3.05) is 0 Å². The molecular formula is C9H10BrNS. The minimum Gasteiger partial charge on any atom is -0.228 e. The van der Waals surface area contributed by atoms with Crippen LogP contribution in [-0.2, 0) is 6.54 Å². The highest BCUT2D eigenvalue weighted by molar-refractivity contribution is 9.10. The monoisotopic (exact) mass is 243 g/mol. The topological polar surface area (TPSA) is 12.4 Å².